The molecule has 0 aliphatic heterocycles. The summed E-state index contributed by atoms with van der Waals surface area (Å²) >= 11 is 0. The Labute approximate surface area is 112 Å². The van der Waals surface area contributed by atoms with Gasteiger partial charge >= 0.3 is 0 Å². The summed E-state index contributed by atoms with van der Waals surface area (Å²) in [6, 6.07) is 5.93. The first-order valence-corrected chi connectivity index (χ1v) is 6.26. The van der Waals surface area contributed by atoms with Gasteiger partial charge in [0.05, 0.1) is 12.2 Å². The summed E-state index contributed by atoms with van der Waals surface area (Å²) in [7, 11) is 0. The molecule has 0 aromatic heterocycles. The Hall–Kier alpha value is -1.64. The number of halogens is 1. The van der Waals surface area contributed by atoms with Crippen molar-refractivity contribution < 1.29 is 18.6 Å². The van der Waals surface area contributed by atoms with Gasteiger partial charge in [-0.3, -0.25) is 0 Å². The smallest absolute Gasteiger partial charge is 0.160 e. The fourth-order valence-electron chi connectivity index (χ4n) is 1.54. The molecule has 0 aliphatic carbocycles. The Morgan fingerprint density at radius 2 is 1.95 bits per heavy atom. The average molecular weight is 267 g/mol. The topological polar surface area (TPSA) is 51.5 Å². The first-order valence-electron chi connectivity index (χ1n) is 6.26. The van der Waals surface area contributed by atoms with Crippen molar-refractivity contribution in [3.63, 3.8) is 0 Å². The van der Waals surface area contributed by atoms with Gasteiger partial charge in [0.2, 0.25) is 0 Å². The zero-order chi connectivity index (χ0) is 14.1. The SMILES string of the molecule is CCOC(CCOc1ccc(C#N)c(F)c1)OCC. The summed E-state index contributed by atoms with van der Waals surface area (Å²) in [4.78, 5) is 0. The van der Waals surface area contributed by atoms with E-state index in [-0.39, 0.29) is 11.9 Å². The molecule has 0 saturated heterocycles. The van der Waals surface area contributed by atoms with Crippen LogP contribution in [0.1, 0.15) is 25.8 Å². The standard InChI is InChI=1S/C14H18FNO3/c1-3-17-14(18-4-2)7-8-19-12-6-5-11(10-16)13(15)9-12/h5-6,9,14H,3-4,7-8H2,1-2H3. The van der Waals surface area contributed by atoms with E-state index < -0.39 is 5.82 Å². The molecule has 0 atom stereocenters. The fourth-order valence-corrected chi connectivity index (χ4v) is 1.54. The van der Waals surface area contributed by atoms with Crippen molar-refractivity contribution in [3.05, 3.63) is 29.6 Å². The van der Waals surface area contributed by atoms with E-state index in [9.17, 15) is 4.39 Å². The Kier molecular flexibility index (Phi) is 6.86. The number of ether oxygens (including phenoxy) is 3. The van der Waals surface area contributed by atoms with Crippen LogP contribution in [0, 0.1) is 17.1 Å². The summed E-state index contributed by atoms with van der Waals surface area (Å²) in [5.74, 6) is -0.186. The molecule has 5 heteroatoms. The van der Waals surface area contributed by atoms with Crippen molar-refractivity contribution in [2.75, 3.05) is 19.8 Å². The van der Waals surface area contributed by atoms with E-state index in [1.165, 1.54) is 12.1 Å². The third kappa shape index (κ3) is 5.25. The maximum absolute atomic E-state index is 13.3. The lowest BCUT2D eigenvalue weighted by molar-refractivity contribution is -0.142. The minimum atomic E-state index is -0.578. The van der Waals surface area contributed by atoms with Crippen LogP contribution in [-0.4, -0.2) is 26.1 Å². The molecule has 0 N–H and O–H groups in total. The van der Waals surface area contributed by atoms with Crippen LogP contribution in [0.5, 0.6) is 5.75 Å². The van der Waals surface area contributed by atoms with Gasteiger partial charge < -0.3 is 14.2 Å². The van der Waals surface area contributed by atoms with Gasteiger partial charge in [-0.15, -0.1) is 0 Å². The van der Waals surface area contributed by atoms with Crippen molar-refractivity contribution in [2.45, 2.75) is 26.6 Å². The molecule has 1 rings (SSSR count). The second kappa shape index (κ2) is 8.46. The predicted molar refractivity (Wildman–Crippen MR) is 68.3 cm³/mol. The number of rotatable bonds is 8. The molecule has 0 amide bonds. The van der Waals surface area contributed by atoms with Gasteiger partial charge in [-0.1, -0.05) is 0 Å². The van der Waals surface area contributed by atoms with E-state index in [2.05, 4.69) is 0 Å². The zero-order valence-corrected chi connectivity index (χ0v) is 11.2. The summed E-state index contributed by atoms with van der Waals surface area (Å²) in [5.41, 5.74) is 0.00820. The van der Waals surface area contributed by atoms with Gasteiger partial charge in [0.25, 0.3) is 0 Å². The van der Waals surface area contributed by atoms with Gasteiger partial charge in [-0.2, -0.15) is 5.26 Å². The van der Waals surface area contributed by atoms with E-state index in [0.717, 1.165) is 0 Å². The molecule has 0 saturated carbocycles. The Balaban J connectivity index is 2.44. The normalized spacial score (nSPS) is 10.5. The van der Waals surface area contributed by atoms with E-state index in [0.29, 0.717) is 32.0 Å². The molecular weight excluding hydrogens is 249 g/mol. The Morgan fingerprint density at radius 3 is 2.47 bits per heavy atom. The second-order valence-electron chi connectivity index (χ2n) is 3.73. The highest BCUT2D eigenvalue weighted by Gasteiger charge is 2.09. The fraction of sp³-hybridized carbons (Fsp3) is 0.500. The molecule has 0 aliphatic rings. The highest BCUT2D eigenvalue weighted by molar-refractivity contribution is 5.36. The molecule has 1 aromatic rings. The highest BCUT2D eigenvalue weighted by Crippen LogP contribution is 2.16. The number of nitriles is 1. The van der Waals surface area contributed by atoms with Crippen molar-refractivity contribution in [2.24, 2.45) is 0 Å². The number of nitrogens with zero attached hydrogens (tertiary/aromatic N) is 1. The van der Waals surface area contributed by atoms with Crippen LogP contribution >= 0.6 is 0 Å². The Bertz CT molecular complexity index is 425. The second-order valence-corrected chi connectivity index (χ2v) is 3.73. The van der Waals surface area contributed by atoms with Crippen LogP contribution in [0.3, 0.4) is 0 Å². The lowest BCUT2D eigenvalue weighted by Crippen LogP contribution is -2.20. The van der Waals surface area contributed by atoms with Gasteiger partial charge in [0, 0.05) is 25.7 Å². The van der Waals surface area contributed by atoms with Gasteiger partial charge in [-0.05, 0) is 26.0 Å². The maximum atomic E-state index is 13.3. The quantitative estimate of drug-likeness (QED) is 0.680. The maximum Gasteiger partial charge on any atom is 0.160 e. The van der Waals surface area contributed by atoms with Gasteiger partial charge in [0.15, 0.2) is 6.29 Å². The van der Waals surface area contributed by atoms with Crippen molar-refractivity contribution >= 4 is 0 Å². The van der Waals surface area contributed by atoms with Crippen LogP contribution in [0.25, 0.3) is 0 Å². The van der Waals surface area contributed by atoms with Crippen LogP contribution in [-0.2, 0) is 9.47 Å². The number of benzene rings is 1. The molecule has 0 unspecified atom stereocenters. The molecule has 0 bridgehead atoms. The highest BCUT2D eigenvalue weighted by atomic mass is 19.1. The molecule has 104 valence electrons. The van der Waals surface area contributed by atoms with E-state index >= 15 is 0 Å². The van der Waals surface area contributed by atoms with E-state index in [1.54, 1.807) is 12.1 Å². The minimum absolute atomic E-state index is 0.00820. The lowest BCUT2D eigenvalue weighted by Gasteiger charge is -2.17. The van der Waals surface area contributed by atoms with Gasteiger partial charge in [-0.25, -0.2) is 4.39 Å². The zero-order valence-electron chi connectivity index (χ0n) is 11.2. The van der Waals surface area contributed by atoms with Crippen LogP contribution in [0.4, 0.5) is 4.39 Å². The van der Waals surface area contributed by atoms with Crippen molar-refractivity contribution in [1.29, 1.82) is 5.26 Å². The lowest BCUT2D eigenvalue weighted by atomic mass is 10.2. The summed E-state index contributed by atoms with van der Waals surface area (Å²) in [6.45, 7) is 5.27. The minimum Gasteiger partial charge on any atom is -0.493 e. The third-order valence-corrected chi connectivity index (χ3v) is 2.39. The molecule has 0 fully saturated rings. The summed E-state index contributed by atoms with van der Waals surface area (Å²) in [6.07, 6.45) is 0.252. The average Bonchev–Trinajstić information content (AvgIpc) is 2.39. The molecule has 0 spiro atoms. The third-order valence-electron chi connectivity index (χ3n) is 2.39. The molecule has 0 radical (unpaired) electrons. The molecular formula is C14H18FNO3. The first-order chi connectivity index (χ1) is 9.21. The van der Waals surface area contributed by atoms with Crippen LogP contribution < -0.4 is 4.74 Å². The summed E-state index contributed by atoms with van der Waals surface area (Å²) < 4.78 is 29.4. The largest absolute Gasteiger partial charge is 0.493 e. The molecule has 19 heavy (non-hydrogen) atoms. The molecule has 0 heterocycles. The van der Waals surface area contributed by atoms with Gasteiger partial charge in [0.1, 0.15) is 17.6 Å². The van der Waals surface area contributed by atoms with Crippen LogP contribution in [0.2, 0.25) is 0 Å². The molecule has 4 nitrogen and oxygen atoms in total. The monoisotopic (exact) mass is 267 g/mol. The van der Waals surface area contributed by atoms with Crippen LogP contribution in [0.15, 0.2) is 18.2 Å². The van der Waals surface area contributed by atoms with E-state index in [1.807, 2.05) is 13.8 Å². The summed E-state index contributed by atoms with van der Waals surface area (Å²) in [5, 5.41) is 8.61. The number of hydrogen-bond acceptors (Lipinski definition) is 4. The van der Waals surface area contributed by atoms with E-state index in [4.69, 9.17) is 19.5 Å². The number of hydrogen-bond donors (Lipinski definition) is 0. The predicted octanol–water partition coefficient (Wildman–Crippen LogP) is 2.87. The molecule has 1 aromatic carbocycles. The first kappa shape index (κ1) is 15.4. The Morgan fingerprint density at radius 1 is 1.26 bits per heavy atom. The van der Waals surface area contributed by atoms with Crippen molar-refractivity contribution in [3.8, 4) is 11.8 Å². The van der Waals surface area contributed by atoms with Crippen molar-refractivity contribution in [1.82, 2.24) is 0 Å².